The molecule has 0 aliphatic carbocycles. The van der Waals surface area contributed by atoms with Gasteiger partial charge in [0.2, 0.25) is 5.91 Å². The molecule has 0 unspecified atom stereocenters. The van der Waals surface area contributed by atoms with Gasteiger partial charge in [0.05, 0.1) is 19.0 Å². The number of phenolic OH excluding ortho intramolecular Hbond substituents is 1. The number of aromatic hydroxyl groups is 1. The van der Waals surface area contributed by atoms with Crippen LogP contribution in [-0.4, -0.2) is 15.6 Å². The van der Waals surface area contributed by atoms with Crippen molar-refractivity contribution >= 4 is 5.91 Å². The lowest BCUT2D eigenvalue weighted by atomic mass is 10.1. The van der Waals surface area contributed by atoms with Crippen LogP contribution < -0.4 is 10.9 Å². The Morgan fingerprint density at radius 3 is 2.38 bits per heavy atom. The molecule has 2 N–H and O–H groups in total. The van der Waals surface area contributed by atoms with E-state index in [-0.39, 0.29) is 29.7 Å². The molecule has 1 amide bonds. The summed E-state index contributed by atoms with van der Waals surface area (Å²) in [6.07, 6.45) is 1.77. The van der Waals surface area contributed by atoms with Crippen LogP contribution in [0.3, 0.4) is 0 Å². The Kier molecular flexibility index (Phi) is 5.49. The van der Waals surface area contributed by atoms with E-state index < -0.39 is 0 Å². The van der Waals surface area contributed by atoms with Crippen LogP contribution in [0.5, 0.6) is 5.75 Å². The second-order valence-electron chi connectivity index (χ2n) is 6.03. The molecule has 5 nitrogen and oxygen atoms in total. The third kappa shape index (κ3) is 4.39. The fourth-order valence-corrected chi connectivity index (χ4v) is 2.81. The first-order chi connectivity index (χ1) is 12.6. The number of hydrogen-bond donors (Lipinski definition) is 2. The van der Waals surface area contributed by atoms with Crippen molar-refractivity contribution in [2.75, 3.05) is 0 Å². The molecule has 3 aromatic rings. The molecule has 1 atom stereocenters. The number of nitrogens with one attached hydrogen (secondary N) is 1. The summed E-state index contributed by atoms with van der Waals surface area (Å²) in [5.74, 6) is -0.123. The van der Waals surface area contributed by atoms with Crippen LogP contribution in [0.1, 0.15) is 17.2 Å². The van der Waals surface area contributed by atoms with Crippen LogP contribution in [0.4, 0.5) is 0 Å². The highest BCUT2D eigenvalue weighted by atomic mass is 16.3. The van der Waals surface area contributed by atoms with E-state index in [0.717, 1.165) is 5.56 Å². The third-order valence-electron chi connectivity index (χ3n) is 4.16. The second kappa shape index (κ2) is 8.16. The van der Waals surface area contributed by atoms with E-state index >= 15 is 0 Å². The zero-order valence-corrected chi connectivity index (χ0v) is 14.2. The summed E-state index contributed by atoms with van der Waals surface area (Å²) in [7, 11) is 0. The fourth-order valence-electron chi connectivity index (χ4n) is 2.81. The largest absolute Gasteiger partial charge is 0.508 e. The van der Waals surface area contributed by atoms with Crippen LogP contribution in [0.2, 0.25) is 0 Å². The SMILES string of the molecule is O=C(Cc1ccccc1O)N[C@@H](Cn1ccccc1=O)c1ccccc1. The Bertz CT molecular complexity index is 935. The monoisotopic (exact) mass is 348 g/mol. The average Bonchev–Trinajstić information content (AvgIpc) is 2.65. The Labute approximate surface area is 151 Å². The summed E-state index contributed by atoms with van der Waals surface area (Å²) in [5.41, 5.74) is 1.35. The molecule has 0 aliphatic heterocycles. The second-order valence-corrected chi connectivity index (χ2v) is 6.03. The predicted octanol–water partition coefficient (Wildman–Crippen LogP) is 2.65. The van der Waals surface area contributed by atoms with E-state index in [4.69, 9.17) is 0 Å². The molecule has 1 aromatic heterocycles. The van der Waals surface area contributed by atoms with Crippen LogP contribution in [0, 0.1) is 0 Å². The van der Waals surface area contributed by atoms with Crippen molar-refractivity contribution in [1.29, 1.82) is 0 Å². The van der Waals surface area contributed by atoms with Gasteiger partial charge in [-0.3, -0.25) is 9.59 Å². The average molecular weight is 348 g/mol. The number of aromatic nitrogens is 1. The number of rotatable bonds is 6. The number of amides is 1. The topological polar surface area (TPSA) is 71.3 Å². The molecular weight excluding hydrogens is 328 g/mol. The molecule has 26 heavy (non-hydrogen) atoms. The summed E-state index contributed by atoms with van der Waals surface area (Å²) in [4.78, 5) is 24.5. The first-order valence-corrected chi connectivity index (χ1v) is 8.40. The standard InChI is InChI=1S/C21H20N2O3/c24-19-11-5-4-10-17(19)14-20(25)22-18(16-8-2-1-3-9-16)15-23-13-7-6-12-21(23)26/h1-13,18,24H,14-15H2,(H,22,25)/t18-/m0/s1. The molecule has 0 aliphatic rings. The number of phenols is 1. The van der Waals surface area contributed by atoms with Gasteiger partial charge < -0.3 is 15.0 Å². The molecule has 0 fully saturated rings. The van der Waals surface area contributed by atoms with Crippen molar-refractivity contribution in [3.05, 3.63) is 100 Å². The van der Waals surface area contributed by atoms with Crippen LogP contribution in [-0.2, 0) is 17.8 Å². The minimum Gasteiger partial charge on any atom is -0.508 e. The Morgan fingerprint density at radius 1 is 0.962 bits per heavy atom. The van der Waals surface area contributed by atoms with Gasteiger partial charge in [-0.15, -0.1) is 0 Å². The number of pyridine rings is 1. The molecule has 0 saturated carbocycles. The van der Waals surface area contributed by atoms with Gasteiger partial charge in [0.15, 0.2) is 0 Å². The van der Waals surface area contributed by atoms with Gasteiger partial charge in [0, 0.05) is 17.8 Å². The van der Waals surface area contributed by atoms with Crippen LogP contribution in [0.25, 0.3) is 0 Å². The van der Waals surface area contributed by atoms with Gasteiger partial charge in [-0.25, -0.2) is 0 Å². The van der Waals surface area contributed by atoms with Gasteiger partial charge >= 0.3 is 0 Å². The molecule has 0 radical (unpaired) electrons. The van der Waals surface area contributed by atoms with E-state index in [1.54, 1.807) is 47.2 Å². The van der Waals surface area contributed by atoms with Crippen molar-refractivity contribution in [2.24, 2.45) is 0 Å². The van der Waals surface area contributed by atoms with E-state index in [1.807, 2.05) is 30.3 Å². The summed E-state index contributed by atoms with van der Waals surface area (Å²) in [5, 5.41) is 12.8. The van der Waals surface area contributed by atoms with Gasteiger partial charge in [-0.2, -0.15) is 0 Å². The molecule has 3 rings (SSSR count). The lowest BCUT2D eigenvalue weighted by Gasteiger charge is -2.20. The number of benzene rings is 2. The van der Waals surface area contributed by atoms with E-state index in [2.05, 4.69) is 5.32 Å². The first-order valence-electron chi connectivity index (χ1n) is 8.40. The molecule has 0 bridgehead atoms. The van der Waals surface area contributed by atoms with Crippen molar-refractivity contribution in [1.82, 2.24) is 9.88 Å². The maximum Gasteiger partial charge on any atom is 0.250 e. The molecule has 0 saturated heterocycles. The summed E-state index contributed by atoms with van der Waals surface area (Å²) in [6.45, 7) is 0.330. The van der Waals surface area contributed by atoms with Crippen LogP contribution >= 0.6 is 0 Å². The smallest absolute Gasteiger partial charge is 0.250 e. The molecule has 5 heteroatoms. The van der Waals surface area contributed by atoms with Gasteiger partial charge in [0.25, 0.3) is 5.56 Å². The van der Waals surface area contributed by atoms with Gasteiger partial charge in [-0.1, -0.05) is 54.6 Å². The summed E-state index contributed by atoms with van der Waals surface area (Å²) in [6, 6.07) is 20.9. The predicted molar refractivity (Wildman–Crippen MR) is 99.8 cm³/mol. The lowest BCUT2D eigenvalue weighted by molar-refractivity contribution is -0.121. The first kappa shape index (κ1) is 17.5. The normalized spacial score (nSPS) is 11.7. The fraction of sp³-hybridized carbons (Fsp3) is 0.143. The summed E-state index contributed by atoms with van der Waals surface area (Å²) >= 11 is 0. The molecule has 2 aromatic carbocycles. The lowest BCUT2D eigenvalue weighted by Crippen LogP contribution is -2.34. The number of hydrogen-bond acceptors (Lipinski definition) is 3. The maximum absolute atomic E-state index is 12.5. The number of para-hydroxylation sites is 1. The van der Waals surface area contributed by atoms with Crippen molar-refractivity contribution in [3.8, 4) is 5.75 Å². The molecule has 1 heterocycles. The molecule has 0 spiro atoms. The zero-order valence-electron chi connectivity index (χ0n) is 14.2. The maximum atomic E-state index is 12.5. The quantitative estimate of drug-likeness (QED) is 0.719. The number of nitrogens with zero attached hydrogens (tertiary/aromatic N) is 1. The van der Waals surface area contributed by atoms with E-state index in [0.29, 0.717) is 12.1 Å². The van der Waals surface area contributed by atoms with E-state index in [9.17, 15) is 14.7 Å². The van der Waals surface area contributed by atoms with E-state index in [1.165, 1.54) is 6.07 Å². The third-order valence-corrected chi connectivity index (χ3v) is 4.16. The highest BCUT2D eigenvalue weighted by Crippen LogP contribution is 2.18. The Morgan fingerprint density at radius 2 is 1.65 bits per heavy atom. The summed E-state index contributed by atoms with van der Waals surface area (Å²) < 4.78 is 1.57. The van der Waals surface area contributed by atoms with Crippen molar-refractivity contribution in [3.63, 3.8) is 0 Å². The zero-order chi connectivity index (χ0) is 18.4. The molecular formula is C21H20N2O3. The Balaban J connectivity index is 1.80. The minimum absolute atomic E-state index is 0.0691. The highest BCUT2D eigenvalue weighted by Gasteiger charge is 2.16. The minimum atomic E-state index is -0.352. The molecule has 132 valence electrons. The van der Waals surface area contributed by atoms with Crippen molar-refractivity contribution in [2.45, 2.75) is 19.0 Å². The number of carbonyl (C=O) groups is 1. The van der Waals surface area contributed by atoms with Gasteiger partial charge in [0.1, 0.15) is 5.75 Å². The van der Waals surface area contributed by atoms with Crippen LogP contribution in [0.15, 0.2) is 83.8 Å². The highest BCUT2D eigenvalue weighted by molar-refractivity contribution is 5.79. The number of carbonyl (C=O) groups excluding carboxylic acids is 1. The Hall–Kier alpha value is -3.34. The van der Waals surface area contributed by atoms with Gasteiger partial charge in [-0.05, 0) is 17.7 Å². The van der Waals surface area contributed by atoms with Crippen molar-refractivity contribution < 1.29 is 9.90 Å².